The van der Waals surface area contributed by atoms with Gasteiger partial charge in [0.15, 0.2) is 0 Å². The monoisotopic (exact) mass is 354 g/mol. The van der Waals surface area contributed by atoms with Crippen molar-refractivity contribution >= 4 is 11.9 Å². The van der Waals surface area contributed by atoms with Crippen LogP contribution in [0.25, 0.3) is 0 Å². The molecule has 0 saturated heterocycles. The Balaban J connectivity index is 2.21. The minimum absolute atomic E-state index is 0.514. The molecule has 146 valence electrons. The average Bonchev–Trinajstić information content (AvgIpc) is 2.59. The van der Waals surface area contributed by atoms with Crippen LogP contribution in [0.3, 0.4) is 0 Å². The minimum Gasteiger partial charge on any atom is -0.481 e. The molecule has 0 spiro atoms. The van der Waals surface area contributed by atoms with E-state index in [0.29, 0.717) is 19.3 Å². The molecule has 2 N–H and O–H groups in total. The van der Waals surface area contributed by atoms with E-state index in [1.54, 1.807) is 0 Å². The summed E-state index contributed by atoms with van der Waals surface area (Å²) in [4.78, 5) is 23.4. The van der Waals surface area contributed by atoms with Crippen LogP contribution in [0.5, 0.6) is 0 Å². The zero-order valence-electron chi connectivity index (χ0n) is 16.1. The van der Waals surface area contributed by atoms with Gasteiger partial charge in [-0.15, -0.1) is 0 Å². The molecule has 1 fully saturated rings. The SMILES string of the molecule is CCCCCCCCCCCCCC1(C(=O)O)CCCCC1C(=O)O. The van der Waals surface area contributed by atoms with Crippen molar-refractivity contribution in [2.24, 2.45) is 11.3 Å². The number of unbranched alkanes of at least 4 members (excludes halogenated alkanes) is 10. The van der Waals surface area contributed by atoms with Crippen LogP contribution in [0.1, 0.15) is 110 Å². The molecule has 4 heteroatoms. The summed E-state index contributed by atoms with van der Waals surface area (Å²) >= 11 is 0. The molecule has 25 heavy (non-hydrogen) atoms. The van der Waals surface area contributed by atoms with E-state index in [1.807, 2.05) is 0 Å². The second kappa shape index (κ2) is 12.3. The van der Waals surface area contributed by atoms with E-state index in [4.69, 9.17) is 0 Å². The molecule has 2 atom stereocenters. The molecule has 1 aliphatic carbocycles. The Morgan fingerprint density at radius 2 is 1.36 bits per heavy atom. The van der Waals surface area contributed by atoms with Gasteiger partial charge in [-0.05, 0) is 19.3 Å². The first-order chi connectivity index (χ1) is 12.0. The lowest BCUT2D eigenvalue weighted by Gasteiger charge is -2.38. The molecule has 0 aliphatic heterocycles. The van der Waals surface area contributed by atoms with E-state index < -0.39 is 23.3 Å². The van der Waals surface area contributed by atoms with Crippen molar-refractivity contribution in [2.75, 3.05) is 0 Å². The van der Waals surface area contributed by atoms with Gasteiger partial charge in [0.05, 0.1) is 11.3 Å². The fraction of sp³-hybridized carbons (Fsp3) is 0.905. The zero-order valence-corrected chi connectivity index (χ0v) is 16.1. The summed E-state index contributed by atoms with van der Waals surface area (Å²) in [5.41, 5.74) is -1.02. The Labute approximate surface area is 153 Å². The topological polar surface area (TPSA) is 74.6 Å². The van der Waals surface area contributed by atoms with Gasteiger partial charge in [-0.3, -0.25) is 9.59 Å². The Morgan fingerprint density at radius 1 is 0.840 bits per heavy atom. The van der Waals surface area contributed by atoms with Gasteiger partial charge in [-0.2, -0.15) is 0 Å². The molecule has 0 aromatic carbocycles. The fourth-order valence-corrected chi connectivity index (χ4v) is 4.37. The van der Waals surface area contributed by atoms with Crippen LogP contribution in [0, 0.1) is 11.3 Å². The summed E-state index contributed by atoms with van der Waals surface area (Å²) in [6.45, 7) is 2.24. The summed E-state index contributed by atoms with van der Waals surface area (Å²) < 4.78 is 0. The van der Waals surface area contributed by atoms with Crippen molar-refractivity contribution in [3.63, 3.8) is 0 Å². The molecule has 4 nitrogen and oxygen atoms in total. The fourth-order valence-electron chi connectivity index (χ4n) is 4.37. The number of hydrogen-bond donors (Lipinski definition) is 2. The lowest BCUT2D eigenvalue weighted by Crippen LogP contribution is -2.44. The lowest BCUT2D eigenvalue weighted by molar-refractivity contribution is -0.166. The third-order valence-corrected chi connectivity index (χ3v) is 5.98. The molecule has 0 bridgehead atoms. The number of carboxylic acids is 2. The molecule has 0 heterocycles. The molecule has 1 saturated carbocycles. The molecule has 1 aliphatic rings. The highest BCUT2D eigenvalue weighted by Gasteiger charge is 2.50. The maximum absolute atomic E-state index is 11.8. The van der Waals surface area contributed by atoms with Crippen molar-refractivity contribution in [1.82, 2.24) is 0 Å². The summed E-state index contributed by atoms with van der Waals surface area (Å²) in [7, 11) is 0. The van der Waals surface area contributed by atoms with Gasteiger partial charge < -0.3 is 10.2 Å². The van der Waals surface area contributed by atoms with E-state index in [-0.39, 0.29) is 0 Å². The third kappa shape index (κ3) is 7.37. The van der Waals surface area contributed by atoms with Gasteiger partial charge in [0.1, 0.15) is 0 Å². The van der Waals surface area contributed by atoms with Crippen LogP contribution in [0.15, 0.2) is 0 Å². The van der Waals surface area contributed by atoms with Crippen molar-refractivity contribution in [2.45, 2.75) is 110 Å². The van der Waals surface area contributed by atoms with Crippen LogP contribution < -0.4 is 0 Å². The maximum atomic E-state index is 11.8. The minimum atomic E-state index is -1.02. The maximum Gasteiger partial charge on any atom is 0.310 e. The number of carbonyl (C=O) groups is 2. The number of hydrogen-bond acceptors (Lipinski definition) is 2. The van der Waals surface area contributed by atoms with Gasteiger partial charge >= 0.3 is 11.9 Å². The number of carboxylic acid groups (broad SMARTS) is 2. The molecule has 1 rings (SSSR count). The molecule has 0 aromatic rings. The van der Waals surface area contributed by atoms with Crippen molar-refractivity contribution in [3.8, 4) is 0 Å². The average molecular weight is 355 g/mol. The summed E-state index contributed by atoms with van der Waals surface area (Å²) in [5, 5.41) is 19.1. The Bertz CT molecular complexity index is 393. The standard InChI is InChI=1S/C21H38O4/c1-2-3-4-5-6-7-8-9-10-11-13-16-21(20(24)25)17-14-12-15-18(21)19(22)23/h18H,2-17H2,1H3,(H,22,23)(H,24,25). The van der Waals surface area contributed by atoms with Crippen LogP contribution >= 0.6 is 0 Å². The van der Waals surface area contributed by atoms with Crippen LogP contribution in [-0.4, -0.2) is 22.2 Å². The highest BCUT2D eigenvalue weighted by Crippen LogP contribution is 2.45. The van der Waals surface area contributed by atoms with Gasteiger partial charge in [-0.1, -0.05) is 90.4 Å². The molecular formula is C21H38O4. The summed E-state index contributed by atoms with van der Waals surface area (Å²) in [6.07, 6.45) is 16.7. The Hall–Kier alpha value is -1.06. The van der Waals surface area contributed by atoms with E-state index in [1.165, 1.54) is 51.4 Å². The first-order valence-electron chi connectivity index (χ1n) is 10.5. The normalized spacial score (nSPS) is 23.5. The van der Waals surface area contributed by atoms with Crippen molar-refractivity contribution in [1.29, 1.82) is 0 Å². The first kappa shape index (κ1) is 22.0. The van der Waals surface area contributed by atoms with Gasteiger partial charge in [0.25, 0.3) is 0 Å². The molecule has 0 amide bonds. The Morgan fingerprint density at radius 3 is 1.84 bits per heavy atom. The predicted molar refractivity (Wildman–Crippen MR) is 101 cm³/mol. The highest BCUT2D eigenvalue weighted by atomic mass is 16.4. The van der Waals surface area contributed by atoms with E-state index >= 15 is 0 Å². The lowest BCUT2D eigenvalue weighted by atomic mass is 9.63. The summed E-state index contributed by atoms with van der Waals surface area (Å²) in [6, 6.07) is 0. The predicted octanol–water partition coefficient (Wildman–Crippen LogP) is 6.03. The van der Waals surface area contributed by atoms with Crippen LogP contribution in [0.2, 0.25) is 0 Å². The van der Waals surface area contributed by atoms with Gasteiger partial charge in [0.2, 0.25) is 0 Å². The number of aliphatic carboxylic acids is 2. The molecule has 0 aromatic heterocycles. The van der Waals surface area contributed by atoms with E-state index in [0.717, 1.165) is 32.1 Å². The second-order valence-corrected chi connectivity index (χ2v) is 7.88. The third-order valence-electron chi connectivity index (χ3n) is 5.98. The van der Waals surface area contributed by atoms with Gasteiger partial charge in [-0.25, -0.2) is 0 Å². The number of rotatable bonds is 14. The largest absolute Gasteiger partial charge is 0.481 e. The second-order valence-electron chi connectivity index (χ2n) is 7.88. The summed E-state index contributed by atoms with van der Waals surface area (Å²) in [5.74, 6) is -2.53. The molecule has 0 radical (unpaired) electrons. The van der Waals surface area contributed by atoms with Crippen LogP contribution in [-0.2, 0) is 9.59 Å². The van der Waals surface area contributed by atoms with E-state index in [9.17, 15) is 19.8 Å². The van der Waals surface area contributed by atoms with Crippen molar-refractivity contribution in [3.05, 3.63) is 0 Å². The van der Waals surface area contributed by atoms with Gasteiger partial charge in [0, 0.05) is 0 Å². The quantitative estimate of drug-likeness (QED) is 0.373. The van der Waals surface area contributed by atoms with E-state index in [2.05, 4.69) is 6.92 Å². The smallest absolute Gasteiger partial charge is 0.310 e. The zero-order chi connectivity index (χ0) is 18.5. The Kier molecular flexibility index (Phi) is 10.8. The molecule has 2 unspecified atom stereocenters. The highest BCUT2D eigenvalue weighted by molar-refractivity contribution is 5.83. The van der Waals surface area contributed by atoms with Crippen LogP contribution in [0.4, 0.5) is 0 Å². The molecular weight excluding hydrogens is 316 g/mol. The van der Waals surface area contributed by atoms with Crippen molar-refractivity contribution < 1.29 is 19.8 Å². The first-order valence-corrected chi connectivity index (χ1v) is 10.5.